The molecule has 1 aliphatic rings. The monoisotopic (exact) mass is 296 g/mol. The first kappa shape index (κ1) is 15.9. The zero-order valence-corrected chi connectivity index (χ0v) is 11.4. The van der Waals surface area contributed by atoms with Crippen LogP contribution in [-0.4, -0.2) is 63.3 Å². The van der Waals surface area contributed by atoms with E-state index in [0.717, 1.165) is 5.56 Å². The van der Waals surface area contributed by atoms with Gasteiger partial charge in [0.2, 0.25) is 5.91 Å². The summed E-state index contributed by atoms with van der Waals surface area (Å²) in [6.07, 6.45) is -5.85. The van der Waals surface area contributed by atoms with Crippen LogP contribution in [0.15, 0.2) is 30.3 Å². The number of carbonyl (C=O) groups excluding carboxylic acids is 1. The fraction of sp³-hybridized carbons (Fsp3) is 0.500. The van der Waals surface area contributed by atoms with Crippen LogP contribution in [0.4, 0.5) is 0 Å². The molecule has 0 spiro atoms. The summed E-state index contributed by atoms with van der Waals surface area (Å²) in [5.41, 5.74) is 0.898. The van der Waals surface area contributed by atoms with Crippen molar-refractivity contribution in [3.63, 3.8) is 0 Å². The Morgan fingerprint density at radius 2 is 1.76 bits per heavy atom. The lowest BCUT2D eigenvalue weighted by Gasteiger charge is -2.25. The number of nitrogens with one attached hydrogen (secondary N) is 2. The standard InChI is InChI=1S/C14H20N2O5/c17-9-7-15-10(12(19)13(20)11(9)18)14(21)16-6-8-4-2-1-3-5-8/h1-5,9-13,15,17-20H,6-7H2,(H,16,21)/t9-,10+,11-,12-,13+/m1/s1. The number of benzene rings is 1. The van der Waals surface area contributed by atoms with Crippen LogP contribution in [0.25, 0.3) is 0 Å². The summed E-state index contributed by atoms with van der Waals surface area (Å²) >= 11 is 0. The van der Waals surface area contributed by atoms with E-state index >= 15 is 0 Å². The van der Waals surface area contributed by atoms with E-state index in [2.05, 4.69) is 10.6 Å². The number of hydrogen-bond acceptors (Lipinski definition) is 6. The largest absolute Gasteiger partial charge is 0.389 e. The molecule has 7 heteroatoms. The van der Waals surface area contributed by atoms with Gasteiger partial charge in [0.1, 0.15) is 24.4 Å². The first-order chi connectivity index (χ1) is 10.0. The smallest absolute Gasteiger partial charge is 0.240 e. The predicted molar refractivity (Wildman–Crippen MR) is 74.1 cm³/mol. The number of aliphatic hydroxyl groups excluding tert-OH is 4. The lowest BCUT2D eigenvalue weighted by molar-refractivity contribution is -0.131. The van der Waals surface area contributed by atoms with E-state index in [1.54, 1.807) is 0 Å². The normalized spacial score (nSPS) is 33.2. The Morgan fingerprint density at radius 1 is 1.10 bits per heavy atom. The van der Waals surface area contributed by atoms with Crippen LogP contribution >= 0.6 is 0 Å². The molecule has 0 unspecified atom stereocenters. The van der Waals surface area contributed by atoms with Crippen molar-refractivity contribution in [1.29, 1.82) is 0 Å². The van der Waals surface area contributed by atoms with Gasteiger partial charge < -0.3 is 31.1 Å². The molecule has 0 aromatic heterocycles. The van der Waals surface area contributed by atoms with Crippen molar-refractivity contribution < 1.29 is 25.2 Å². The fourth-order valence-electron chi connectivity index (χ4n) is 2.26. The van der Waals surface area contributed by atoms with Crippen LogP contribution in [0.2, 0.25) is 0 Å². The Labute approximate surface area is 122 Å². The van der Waals surface area contributed by atoms with Gasteiger partial charge in [-0.15, -0.1) is 0 Å². The number of β-amino-alcohol motifs (C(OH)–C–C–N with tert-alkyl or cyclic N) is 1. The molecule has 0 aliphatic carbocycles. The molecule has 7 nitrogen and oxygen atoms in total. The number of aliphatic hydroxyl groups is 4. The molecule has 5 atom stereocenters. The Morgan fingerprint density at radius 3 is 2.43 bits per heavy atom. The number of amides is 1. The van der Waals surface area contributed by atoms with Gasteiger partial charge in [0.25, 0.3) is 0 Å². The maximum absolute atomic E-state index is 12.1. The zero-order chi connectivity index (χ0) is 15.4. The highest BCUT2D eigenvalue weighted by Gasteiger charge is 2.41. The minimum atomic E-state index is -1.59. The molecule has 1 saturated heterocycles. The zero-order valence-electron chi connectivity index (χ0n) is 11.4. The van der Waals surface area contributed by atoms with Gasteiger partial charge in [-0.3, -0.25) is 4.79 Å². The molecule has 6 N–H and O–H groups in total. The highest BCUT2D eigenvalue weighted by atomic mass is 16.4. The van der Waals surface area contributed by atoms with Gasteiger partial charge in [0.05, 0.1) is 6.10 Å². The second-order valence-electron chi connectivity index (χ2n) is 5.13. The maximum Gasteiger partial charge on any atom is 0.240 e. The quantitative estimate of drug-likeness (QED) is 0.374. The van der Waals surface area contributed by atoms with E-state index in [1.807, 2.05) is 30.3 Å². The van der Waals surface area contributed by atoms with E-state index in [-0.39, 0.29) is 13.1 Å². The Balaban J connectivity index is 1.97. The minimum absolute atomic E-state index is 0.0985. The summed E-state index contributed by atoms with van der Waals surface area (Å²) in [5, 5.41) is 44.0. The number of rotatable bonds is 3. The third-order valence-corrected chi connectivity index (χ3v) is 3.57. The van der Waals surface area contributed by atoms with Gasteiger partial charge in [-0.1, -0.05) is 30.3 Å². The average Bonchev–Trinajstić information content (AvgIpc) is 2.60. The molecule has 1 fully saturated rings. The average molecular weight is 296 g/mol. The van der Waals surface area contributed by atoms with Crippen molar-refractivity contribution in [1.82, 2.24) is 10.6 Å². The lowest BCUT2D eigenvalue weighted by Crippen LogP contribution is -2.54. The predicted octanol–water partition coefficient (Wildman–Crippen LogP) is -2.28. The lowest BCUT2D eigenvalue weighted by atomic mass is 10.0. The Hall–Kier alpha value is -1.51. The molecule has 1 aromatic carbocycles. The minimum Gasteiger partial charge on any atom is -0.389 e. The second-order valence-corrected chi connectivity index (χ2v) is 5.13. The molecule has 116 valence electrons. The second kappa shape index (κ2) is 6.97. The van der Waals surface area contributed by atoms with Crippen molar-refractivity contribution in [3.05, 3.63) is 35.9 Å². The first-order valence-electron chi connectivity index (χ1n) is 6.78. The molecular weight excluding hydrogens is 276 g/mol. The van der Waals surface area contributed by atoms with Crippen molar-refractivity contribution >= 4 is 5.91 Å². The van der Waals surface area contributed by atoms with Gasteiger partial charge in [0, 0.05) is 13.1 Å². The maximum atomic E-state index is 12.1. The first-order valence-corrected chi connectivity index (χ1v) is 6.78. The molecule has 2 rings (SSSR count). The molecule has 0 bridgehead atoms. The topological polar surface area (TPSA) is 122 Å². The summed E-state index contributed by atoms with van der Waals surface area (Å²) in [6.45, 7) is 0.185. The highest BCUT2D eigenvalue weighted by molar-refractivity contribution is 5.82. The van der Waals surface area contributed by atoms with E-state index in [9.17, 15) is 25.2 Å². The molecule has 0 radical (unpaired) electrons. The van der Waals surface area contributed by atoms with Crippen molar-refractivity contribution in [2.75, 3.05) is 6.54 Å². The van der Waals surface area contributed by atoms with Crippen LogP contribution in [-0.2, 0) is 11.3 Å². The van der Waals surface area contributed by atoms with Gasteiger partial charge in [-0.2, -0.15) is 0 Å². The van der Waals surface area contributed by atoms with Crippen LogP contribution in [0, 0.1) is 0 Å². The van der Waals surface area contributed by atoms with Gasteiger partial charge in [0.15, 0.2) is 0 Å². The molecule has 0 saturated carbocycles. The molecule has 21 heavy (non-hydrogen) atoms. The van der Waals surface area contributed by atoms with E-state index in [4.69, 9.17) is 0 Å². The molecule has 1 heterocycles. The van der Waals surface area contributed by atoms with Crippen molar-refractivity contribution in [2.45, 2.75) is 37.0 Å². The summed E-state index contributed by atoms with van der Waals surface area (Å²) < 4.78 is 0. The molecule has 1 aliphatic heterocycles. The fourth-order valence-corrected chi connectivity index (χ4v) is 2.26. The summed E-state index contributed by atoms with van der Waals surface area (Å²) in [6, 6.07) is 8.14. The van der Waals surface area contributed by atoms with Crippen LogP contribution in [0.5, 0.6) is 0 Å². The van der Waals surface area contributed by atoms with Crippen LogP contribution in [0.1, 0.15) is 5.56 Å². The summed E-state index contributed by atoms with van der Waals surface area (Å²) in [5.74, 6) is -0.508. The third kappa shape index (κ3) is 3.78. The Bertz CT molecular complexity index is 470. The summed E-state index contributed by atoms with van der Waals surface area (Å²) in [7, 11) is 0. The highest BCUT2D eigenvalue weighted by Crippen LogP contribution is 2.13. The molecular formula is C14H20N2O5. The van der Waals surface area contributed by atoms with E-state index in [0.29, 0.717) is 0 Å². The van der Waals surface area contributed by atoms with E-state index < -0.39 is 36.4 Å². The number of carbonyl (C=O) groups is 1. The SMILES string of the molecule is O=C(NCc1ccccc1)[C@H]1NC[C@@H](O)[C@@H](O)[C@H](O)[C@@H]1O. The van der Waals surface area contributed by atoms with Crippen LogP contribution < -0.4 is 10.6 Å². The number of hydrogen-bond donors (Lipinski definition) is 6. The summed E-state index contributed by atoms with van der Waals surface area (Å²) in [4.78, 5) is 12.1. The third-order valence-electron chi connectivity index (χ3n) is 3.57. The van der Waals surface area contributed by atoms with Crippen molar-refractivity contribution in [3.8, 4) is 0 Å². The Kier molecular flexibility index (Phi) is 5.27. The van der Waals surface area contributed by atoms with Gasteiger partial charge in [-0.25, -0.2) is 0 Å². The van der Waals surface area contributed by atoms with Crippen LogP contribution in [0.3, 0.4) is 0 Å². The van der Waals surface area contributed by atoms with Crippen molar-refractivity contribution in [2.24, 2.45) is 0 Å². The molecule has 1 amide bonds. The van der Waals surface area contributed by atoms with Gasteiger partial charge in [-0.05, 0) is 5.56 Å². The van der Waals surface area contributed by atoms with Gasteiger partial charge >= 0.3 is 0 Å². The van der Waals surface area contributed by atoms with E-state index in [1.165, 1.54) is 0 Å². The molecule has 1 aromatic rings.